The summed E-state index contributed by atoms with van der Waals surface area (Å²) in [4.78, 5) is 0. The maximum atomic E-state index is 8.74. The van der Waals surface area contributed by atoms with E-state index < -0.39 is 5.67 Å². The minimum atomic E-state index is -2.02. The van der Waals surface area contributed by atoms with Gasteiger partial charge in [0.25, 0.3) is 0 Å². The third-order valence-electron chi connectivity index (χ3n) is 0.815. The molecule has 0 radical (unpaired) electrons. The van der Waals surface area contributed by atoms with Gasteiger partial charge in [0.1, 0.15) is 0 Å². The first-order valence-corrected chi connectivity index (χ1v) is 9.71. The Labute approximate surface area is 72.6 Å². The van der Waals surface area contributed by atoms with Crippen LogP contribution in [0.4, 0.5) is 0 Å². The molecule has 2 nitrogen and oxygen atoms in total. The molecule has 0 aliphatic carbocycles. The Morgan fingerprint density at radius 2 is 1.44 bits per heavy atom. The molecule has 0 heterocycles. The fraction of sp³-hybridized carbons (Fsp3) is 1.00. The summed E-state index contributed by atoms with van der Waals surface area (Å²) in [6, 6.07) is 0. The summed E-state index contributed by atoms with van der Waals surface area (Å²) in [7, 11) is 2.47. The number of thiol groups is 2. The summed E-state index contributed by atoms with van der Waals surface area (Å²) in [5.74, 6) is 0. The van der Waals surface area contributed by atoms with Gasteiger partial charge in [0.15, 0.2) is 0 Å². The first-order valence-electron chi connectivity index (χ1n) is 2.11. The van der Waals surface area contributed by atoms with Gasteiger partial charge in [0.2, 0.25) is 0 Å². The molecule has 0 bridgehead atoms. The predicted octanol–water partition coefficient (Wildman–Crippen LogP) is 1.62. The minimum absolute atomic E-state index is 0.00579. The van der Waals surface area contributed by atoms with E-state index in [2.05, 4.69) is 23.3 Å². The van der Waals surface area contributed by atoms with E-state index in [9.17, 15) is 0 Å². The van der Waals surface area contributed by atoms with E-state index in [0.717, 1.165) is 0 Å². The Morgan fingerprint density at radius 1 is 1.11 bits per heavy atom. The first kappa shape index (κ1) is 10.8. The number of aliphatic hydroxyl groups is 2. The van der Waals surface area contributed by atoms with E-state index in [1.54, 1.807) is 0 Å². The second kappa shape index (κ2) is 5.41. The van der Waals surface area contributed by atoms with Crippen LogP contribution in [0.25, 0.3) is 0 Å². The Morgan fingerprint density at radius 3 is 1.44 bits per heavy atom. The van der Waals surface area contributed by atoms with Crippen LogP contribution in [0.3, 0.4) is 0 Å². The summed E-state index contributed by atoms with van der Waals surface area (Å²) in [5, 5.41) is 17.5. The van der Waals surface area contributed by atoms with Crippen molar-refractivity contribution in [3.8, 4) is 0 Å². The molecule has 0 aliphatic rings. The van der Waals surface area contributed by atoms with Crippen LogP contribution in [-0.4, -0.2) is 22.9 Å². The summed E-state index contributed by atoms with van der Waals surface area (Å²) >= 11 is 7.86. The molecule has 2 N–H and O–H groups in total. The van der Waals surface area contributed by atoms with E-state index in [0.29, 0.717) is 0 Å². The summed E-state index contributed by atoms with van der Waals surface area (Å²) in [6.45, 7) is 0. The van der Waals surface area contributed by atoms with Gasteiger partial charge in [-0.15, -0.1) is 0 Å². The van der Waals surface area contributed by atoms with Gasteiger partial charge in [0, 0.05) is 0 Å². The first-order chi connectivity index (χ1) is 4.24. The van der Waals surface area contributed by atoms with Crippen molar-refractivity contribution >= 4 is 49.8 Å². The van der Waals surface area contributed by atoms with Gasteiger partial charge in [-0.05, 0) is 0 Å². The third-order valence-corrected chi connectivity index (χ3v) is 16.0. The van der Waals surface area contributed by atoms with Crippen molar-refractivity contribution in [2.45, 2.75) is 0 Å². The van der Waals surface area contributed by atoms with Gasteiger partial charge >= 0.3 is 72.7 Å². The van der Waals surface area contributed by atoms with Crippen molar-refractivity contribution in [3.63, 3.8) is 0 Å². The average Bonchev–Trinajstić information content (AvgIpc) is 1.95. The van der Waals surface area contributed by atoms with Crippen LogP contribution in [0.5, 0.6) is 0 Å². The molecule has 0 aromatic carbocycles. The zero-order valence-corrected chi connectivity index (χ0v) is 8.94. The second-order valence-electron chi connectivity index (χ2n) is 1.41. The molecule has 0 aliphatic heterocycles. The zero-order chi connectivity index (χ0) is 7.33. The van der Waals surface area contributed by atoms with Crippen molar-refractivity contribution in [2.24, 2.45) is 0 Å². The Balaban J connectivity index is 3.82. The molecule has 9 heavy (non-hydrogen) atoms. The summed E-state index contributed by atoms with van der Waals surface area (Å²) < 4.78 is 0. The van der Waals surface area contributed by atoms with Crippen LogP contribution in [0.1, 0.15) is 0 Å². The fourth-order valence-corrected chi connectivity index (χ4v) is 7.32. The molecule has 0 amide bonds. The van der Waals surface area contributed by atoms with Crippen molar-refractivity contribution < 1.29 is 10.2 Å². The number of hydrogen-bond acceptors (Lipinski definition) is 6. The molecule has 0 saturated carbocycles. The number of hydrogen-bond donors (Lipinski definition) is 4. The van der Waals surface area contributed by atoms with Gasteiger partial charge in [-0.2, -0.15) is 0 Å². The van der Waals surface area contributed by atoms with Crippen LogP contribution in [0.15, 0.2) is 0 Å². The van der Waals surface area contributed by atoms with Gasteiger partial charge in [0.05, 0.1) is 0 Å². The SMILES string of the molecule is OC[PH](CO)(SS)SS. The molecule has 0 aromatic heterocycles. The predicted molar refractivity (Wildman–Crippen MR) is 55.6 cm³/mol. The summed E-state index contributed by atoms with van der Waals surface area (Å²) in [5.41, 5.74) is -2.02. The molecule has 7 heteroatoms. The third kappa shape index (κ3) is 3.10. The van der Waals surface area contributed by atoms with Gasteiger partial charge in [-0.25, -0.2) is 0 Å². The molecule has 0 unspecified atom stereocenters. The van der Waals surface area contributed by atoms with Crippen LogP contribution in [0.2, 0.25) is 0 Å². The monoisotopic (exact) mass is 224 g/mol. The molecule has 0 spiro atoms. The second-order valence-corrected chi connectivity index (χ2v) is 14.1. The van der Waals surface area contributed by atoms with Crippen LogP contribution in [-0.2, 0) is 0 Å². The molecule has 0 rings (SSSR count). The zero-order valence-electron chi connectivity index (χ0n) is 4.52. The molecule has 0 aromatic rings. The molecule has 0 atom stereocenters. The van der Waals surface area contributed by atoms with Gasteiger partial charge in [-0.1, -0.05) is 0 Å². The Hall–Kier alpha value is 1.75. The van der Waals surface area contributed by atoms with Crippen molar-refractivity contribution in [1.29, 1.82) is 0 Å². The van der Waals surface area contributed by atoms with Crippen molar-refractivity contribution in [1.82, 2.24) is 0 Å². The van der Waals surface area contributed by atoms with Crippen molar-refractivity contribution in [2.75, 3.05) is 12.7 Å². The van der Waals surface area contributed by atoms with Crippen LogP contribution in [0, 0.1) is 0 Å². The fourth-order valence-electron chi connectivity index (χ4n) is 0.182. The van der Waals surface area contributed by atoms with Gasteiger partial charge in [-0.3, -0.25) is 0 Å². The van der Waals surface area contributed by atoms with E-state index >= 15 is 0 Å². The van der Waals surface area contributed by atoms with E-state index in [-0.39, 0.29) is 12.7 Å². The average molecular weight is 224 g/mol. The Kier molecular flexibility index (Phi) is 6.46. The van der Waals surface area contributed by atoms with Crippen molar-refractivity contribution in [3.05, 3.63) is 0 Å². The Bertz CT molecular complexity index is 59.5. The summed E-state index contributed by atoms with van der Waals surface area (Å²) in [6.07, 6.45) is 0.0116. The number of rotatable bonds is 4. The van der Waals surface area contributed by atoms with Gasteiger partial charge < -0.3 is 0 Å². The number of aliphatic hydroxyl groups excluding tert-OH is 2. The standard InChI is InChI=1S/C2H9O2PS4/c3-1-5(2-4,8-6)9-7/h3-7H,1-2H2. The van der Waals surface area contributed by atoms with Crippen LogP contribution < -0.4 is 0 Å². The maximum absolute atomic E-state index is 8.74. The molecular formula is C2H9O2PS4. The van der Waals surface area contributed by atoms with E-state index in [4.69, 9.17) is 10.2 Å². The van der Waals surface area contributed by atoms with E-state index in [1.165, 1.54) is 20.8 Å². The quantitative estimate of drug-likeness (QED) is 0.333. The molecule has 0 saturated heterocycles. The molecule has 0 fully saturated rings. The van der Waals surface area contributed by atoms with E-state index in [1.807, 2.05) is 0 Å². The van der Waals surface area contributed by atoms with Crippen LogP contribution >= 0.6 is 49.8 Å². The topological polar surface area (TPSA) is 40.5 Å². The normalized spacial score (nSPS) is 13.8. The molecular weight excluding hydrogens is 215 g/mol. The molecule has 58 valence electrons.